The lowest BCUT2D eigenvalue weighted by atomic mass is 9.76. The van der Waals surface area contributed by atoms with Gasteiger partial charge in [-0.1, -0.05) is 0 Å². The summed E-state index contributed by atoms with van der Waals surface area (Å²) in [7, 11) is 0. The zero-order chi connectivity index (χ0) is 12.5. The lowest BCUT2D eigenvalue weighted by Crippen LogP contribution is -2.63. The summed E-state index contributed by atoms with van der Waals surface area (Å²) in [5, 5.41) is 0. The van der Waals surface area contributed by atoms with Gasteiger partial charge in [-0.3, -0.25) is 4.90 Å². The Hall–Kier alpha value is -0.120. The van der Waals surface area contributed by atoms with Crippen LogP contribution < -0.4 is 0 Å². The molecule has 3 nitrogen and oxygen atoms in total. The summed E-state index contributed by atoms with van der Waals surface area (Å²) in [5.41, 5.74) is 0.962. The van der Waals surface area contributed by atoms with E-state index in [-0.39, 0.29) is 0 Å². The second-order valence-electron chi connectivity index (χ2n) is 6.75. The van der Waals surface area contributed by atoms with Crippen LogP contribution in [0.5, 0.6) is 0 Å². The fourth-order valence-electron chi connectivity index (χ4n) is 3.05. The summed E-state index contributed by atoms with van der Waals surface area (Å²) < 4.78 is 5.44. The number of hydrogen-bond acceptors (Lipinski definition) is 3. The maximum Gasteiger partial charge on any atom is 0.0593 e. The zero-order valence-electron chi connectivity index (χ0n) is 12.0. The van der Waals surface area contributed by atoms with Gasteiger partial charge in [0.15, 0.2) is 0 Å². The molecule has 0 atom stereocenters. The zero-order valence-corrected chi connectivity index (χ0v) is 12.0. The molecule has 2 saturated heterocycles. The third-order valence-corrected chi connectivity index (χ3v) is 4.27. The van der Waals surface area contributed by atoms with Crippen LogP contribution in [0.4, 0.5) is 0 Å². The molecular formula is C14H28N2O. The summed E-state index contributed by atoms with van der Waals surface area (Å²) in [5.74, 6) is 0. The molecule has 100 valence electrons. The maximum atomic E-state index is 5.44. The van der Waals surface area contributed by atoms with Crippen molar-refractivity contribution < 1.29 is 4.74 Å². The predicted molar refractivity (Wildman–Crippen MR) is 71.3 cm³/mol. The third kappa shape index (κ3) is 3.01. The summed E-state index contributed by atoms with van der Waals surface area (Å²) in [6.45, 7) is 17.0. The molecule has 0 amide bonds. The van der Waals surface area contributed by atoms with Gasteiger partial charge in [0.25, 0.3) is 0 Å². The molecule has 0 bridgehead atoms. The normalized spacial score (nSPS) is 25.4. The highest BCUT2D eigenvalue weighted by Gasteiger charge is 2.49. The molecule has 2 heterocycles. The molecule has 2 rings (SSSR count). The van der Waals surface area contributed by atoms with Crippen LogP contribution in [0.1, 0.15) is 34.1 Å². The Bertz CT molecular complexity index is 253. The molecule has 0 aromatic rings. The standard InChI is InChI=1S/C14H28N2O/c1-5-17-9-8-15-7-6-14(10-15)11-16(12-14)13(2,3)4/h5-12H2,1-4H3. The Morgan fingerprint density at radius 3 is 2.47 bits per heavy atom. The predicted octanol–water partition coefficient (Wildman–Crippen LogP) is 1.83. The van der Waals surface area contributed by atoms with Gasteiger partial charge in [-0.15, -0.1) is 0 Å². The van der Waals surface area contributed by atoms with E-state index < -0.39 is 0 Å². The van der Waals surface area contributed by atoms with Gasteiger partial charge in [0.05, 0.1) is 6.61 Å². The van der Waals surface area contributed by atoms with Crippen molar-refractivity contribution in [1.82, 2.24) is 9.80 Å². The smallest absolute Gasteiger partial charge is 0.0593 e. The first-order chi connectivity index (χ1) is 7.95. The van der Waals surface area contributed by atoms with E-state index in [1.54, 1.807) is 0 Å². The summed E-state index contributed by atoms with van der Waals surface area (Å²) in [6, 6.07) is 0. The number of hydrogen-bond donors (Lipinski definition) is 0. The van der Waals surface area contributed by atoms with Crippen molar-refractivity contribution in [3.05, 3.63) is 0 Å². The topological polar surface area (TPSA) is 15.7 Å². The van der Waals surface area contributed by atoms with Crippen LogP contribution >= 0.6 is 0 Å². The number of rotatable bonds is 4. The highest BCUT2D eigenvalue weighted by Crippen LogP contribution is 2.42. The lowest BCUT2D eigenvalue weighted by molar-refractivity contribution is -0.0527. The average molecular weight is 240 g/mol. The van der Waals surface area contributed by atoms with Crippen molar-refractivity contribution in [2.45, 2.75) is 39.7 Å². The van der Waals surface area contributed by atoms with E-state index in [1.165, 1.54) is 32.6 Å². The van der Waals surface area contributed by atoms with E-state index in [4.69, 9.17) is 4.74 Å². The fourth-order valence-corrected chi connectivity index (χ4v) is 3.05. The molecule has 0 unspecified atom stereocenters. The molecule has 3 heteroatoms. The Morgan fingerprint density at radius 2 is 1.88 bits per heavy atom. The fraction of sp³-hybridized carbons (Fsp3) is 1.00. The van der Waals surface area contributed by atoms with Crippen LogP contribution in [0.3, 0.4) is 0 Å². The number of nitrogens with zero attached hydrogens (tertiary/aromatic N) is 2. The van der Waals surface area contributed by atoms with Crippen LogP contribution in [0.2, 0.25) is 0 Å². The summed E-state index contributed by atoms with van der Waals surface area (Å²) >= 11 is 0. The van der Waals surface area contributed by atoms with Gasteiger partial charge in [-0.25, -0.2) is 0 Å². The second-order valence-corrected chi connectivity index (χ2v) is 6.75. The highest BCUT2D eigenvalue weighted by molar-refractivity contribution is 5.04. The molecule has 1 spiro atoms. The second kappa shape index (κ2) is 4.87. The molecule has 2 aliphatic heterocycles. The molecule has 0 saturated carbocycles. The maximum absolute atomic E-state index is 5.44. The molecule has 0 radical (unpaired) electrons. The molecule has 17 heavy (non-hydrogen) atoms. The van der Waals surface area contributed by atoms with Crippen LogP contribution in [0.25, 0.3) is 0 Å². The van der Waals surface area contributed by atoms with Gasteiger partial charge >= 0.3 is 0 Å². The van der Waals surface area contributed by atoms with Crippen molar-refractivity contribution >= 4 is 0 Å². The van der Waals surface area contributed by atoms with Gasteiger partial charge in [0.2, 0.25) is 0 Å². The Labute approximate surface area is 106 Å². The van der Waals surface area contributed by atoms with E-state index >= 15 is 0 Å². The lowest BCUT2D eigenvalue weighted by Gasteiger charge is -2.54. The van der Waals surface area contributed by atoms with Crippen LogP contribution in [0.15, 0.2) is 0 Å². The third-order valence-electron chi connectivity index (χ3n) is 4.27. The minimum atomic E-state index is 0.351. The van der Waals surface area contributed by atoms with Gasteiger partial charge in [0, 0.05) is 43.7 Å². The first-order valence-electron chi connectivity index (χ1n) is 7.00. The Kier molecular flexibility index (Phi) is 3.81. The average Bonchev–Trinajstić information content (AvgIpc) is 2.59. The van der Waals surface area contributed by atoms with E-state index in [2.05, 4.69) is 37.5 Å². The first kappa shape index (κ1) is 13.3. The monoisotopic (exact) mass is 240 g/mol. The number of likely N-dealkylation sites (tertiary alicyclic amines) is 2. The van der Waals surface area contributed by atoms with E-state index in [0.717, 1.165) is 19.8 Å². The van der Waals surface area contributed by atoms with E-state index in [0.29, 0.717) is 11.0 Å². The van der Waals surface area contributed by atoms with Gasteiger partial charge < -0.3 is 9.64 Å². The van der Waals surface area contributed by atoms with E-state index in [1.807, 2.05) is 0 Å². The molecule has 0 aliphatic carbocycles. The van der Waals surface area contributed by atoms with Crippen molar-refractivity contribution in [2.24, 2.45) is 5.41 Å². The molecular weight excluding hydrogens is 212 g/mol. The van der Waals surface area contributed by atoms with Gasteiger partial charge in [0.1, 0.15) is 0 Å². The van der Waals surface area contributed by atoms with Crippen LogP contribution in [0, 0.1) is 5.41 Å². The largest absolute Gasteiger partial charge is 0.380 e. The summed E-state index contributed by atoms with van der Waals surface area (Å²) in [4.78, 5) is 5.19. The van der Waals surface area contributed by atoms with E-state index in [9.17, 15) is 0 Å². The highest BCUT2D eigenvalue weighted by atomic mass is 16.5. The molecule has 2 aliphatic rings. The van der Waals surface area contributed by atoms with Crippen LogP contribution in [-0.2, 0) is 4.74 Å². The van der Waals surface area contributed by atoms with Crippen LogP contribution in [-0.4, -0.2) is 61.3 Å². The quantitative estimate of drug-likeness (QED) is 0.697. The Balaban J connectivity index is 1.72. The molecule has 0 aromatic heterocycles. The molecule has 0 aromatic carbocycles. The minimum Gasteiger partial charge on any atom is -0.380 e. The summed E-state index contributed by atoms with van der Waals surface area (Å²) in [6.07, 6.45) is 1.38. The SMILES string of the molecule is CCOCCN1CCC2(C1)CN(C(C)(C)C)C2. The first-order valence-corrected chi connectivity index (χ1v) is 7.00. The Morgan fingerprint density at radius 1 is 1.18 bits per heavy atom. The van der Waals surface area contributed by atoms with Crippen molar-refractivity contribution in [2.75, 3.05) is 45.9 Å². The van der Waals surface area contributed by atoms with Gasteiger partial charge in [-0.2, -0.15) is 0 Å². The van der Waals surface area contributed by atoms with Crippen molar-refractivity contribution in [1.29, 1.82) is 0 Å². The molecule has 0 N–H and O–H groups in total. The van der Waals surface area contributed by atoms with Crippen molar-refractivity contribution in [3.63, 3.8) is 0 Å². The minimum absolute atomic E-state index is 0.351. The number of ether oxygens (including phenoxy) is 1. The van der Waals surface area contributed by atoms with Gasteiger partial charge in [-0.05, 0) is 40.7 Å². The van der Waals surface area contributed by atoms with Crippen molar-refractivity contribution in [3.8, 4) is 0 Å². The molecule has 2 fully saturated rings.